The van der Waals surface area contributed by atoms with E-state index in [1.54, 1.807) is 0 Å². The summed E-state index contributed by atoms with van der Waals surface area (Å²) in [6, 6.07) is 0. The molecule has 0 aromatic rings. The van der Waals surface area contributed by atoms with Gasteiger partial charge in [0.15, 0.2) is 0 Å². The van der Waals surface area contributed by atoms with E-state index in [-0.39, 0.29) is 0 Å². The maximum absolute atomic E-state index is 9.00. The van der Waals surface area contributed by atoms with Crippen LogP contribution in [0.1, 0.15) is 6.92 Å². The molecule has 0 aromatic carbocycles. The first-order valence-corrected chi connectivity index (χ1v) is 2.73. The number of carboxylic acid groups (broad SMARTS) is 1. The summed E-state index contributed by atoms with van der Waals surface area (Å²) in [7, 11) is -2.62. The predicted molar refractivity (Wildman–Crippen MR) is 26.9 cm³/mol. The Morgan fingerprint density at radius 3 is 1.38 bits per heavy atom. The quantitative estimate of drug-likeness (QED) is 0.334. The summed E-state index contributed by atoms with van der Waals surface area (Å²) in [6.07, 6.45) is 0. The summed E-state index contributed by atoms with van der Waals surface area (Å²) >= 11 is 0. The van der Waals surface area contributed by atoms with Crippen LogP contribution >= 0.6 is 8.60 Å². The van der Waals surface area contributed by atoms with Gasteiger partial charge in [-0.3, -0.25) is 4.79 Å². The summed E-state index contributed by atoms with van der Waals surface area (Å²) in [5.41, 5.74) is 0. The Hall–Kier alpha value is -0.220. The maximum atomic E-state index is 9.00. The van der Waals surface area contributed by atoms with Gasteiger partial charge in [-0.25, -0.2) is 0 Å². The lowest BCUT2D eigenvalue weighted by Crippen LogP contribution is -1.78. The van der Waals surface area contributed by atoms with Gasteiger partial charge in [0.05, 0.1) is 0 Å². The van der Waals surface area contributed by atoms with Crippen LogP contribution in [0.2, 0.25) is 0 Å². The van der Waals surface area contributed by atoms with Gasteiger partial charge < -0.3 is 19.8 Å². The topological polar surface area (TPSA) is 98.0 Å². The van der Waals surface area contributed by atoms with Crippen LogP contribution < -0.4 is 0 Å². The van der Waals surface area contributed by atoms with E-state index in [1.807, 2.05) is 0 Å². The van der Waals surface area contributed by atoms with Crippen molar-refractivity contribution in [3.05, 3.63) is 0 Å². The standard InChI is InChI=1S/C2H4O2.H3O3P/c1-2(3)4;1-4(2)3/h1H3,(H,3,4);1-3H. The van der Waals surface area contributed by atoms with E-state index >= 15 is 0 Å². The second-order valence-electron chi connectivity index (χ2n) is 0.787. The molecule has 5 nitrogen and oxygen atoms in total. The third kappa shape index (κ3) is 2730. The number of aliphatic carboxylic acids is 1. The third-order valence-electron chi connectivity index (χ3n) is 0. The molecule has 0 rings (SSSR count). The summed E-state index contributed by atoms with van der Waals surface area (Å²) < 4.78 is 0. The van der Waals surface area contributed by atoms with Crippen molar-refractivity contribution in [3.63, 3.8) is 0 Å². The molecule has 0 spiro atoms. The molecule has 50 valence electrons. The van der Waals surface area contributed by atoms with Crippen molar-refractivity contribution >= 4 is 14.6 Å². The summed E-state index contributed by atoms with van der Waals surface area (Å²) in [4.78, 5) is 30.7. The van der Waals surface area contributed by atoms with Gasteiger partial charge in [0.2, 0.25) is 0 Å². The zero-order valence-electron chi connectivity index (χ0n) is 4.14. The van der Waals surface area contributed by atoms with Crippen LogP contribution in [-0.2, 0) is 4.79 Å². The summed E-state index contributed by atoms with van der Waals surface area (Å²) in [6.45, 7) is 1.08. The Morgan fingerprint density at radius 2 is 1.38 bits per heavy atom. The number of carbonyl (C=O) groups is 1. The highest BCUT2D eigenvalue weighted by Crippen LogP contribution is 2.11. The highest BCUT2D eigenvalue weighted by molar-refractivity contribution is 7.38. The van der Waals surface area contributed by atoms with Crippen molar-refractivity contribution in [1.82, 2.24) is 0 Å². The third-order valence-corrected chi connectivity index (χ3v) is 0. The second kappa shape index (κ2) is 6.78. The average Bonchev–Trinajstić information content (AvgIpc) is 1.25. The first kappa shape index (κ1) is 10.7. The van der Waals surface area contributed by atoms with Gasteiger partial charge in [0.1, 0.15) is 0 Å². The van der Waals surface area contributed by atoms with E-state index in [0.717, 1.165) is 6.92 Å². The minimum absolute atomic E-state index is 0.833. The highest BCUT2D eigenvalue weighted by Gasteiger charge is 1.76. The molecule has 0 saturated heterocycles. The van der Waals surface area contributed by atoms with Gasteiger partial charge >= 0.3 is 8.60 Å². The molecule has 0 atom stereocenters. The SMILES string of the molecule is CC(=O)O.OP(O)O. The van der Waals surface area contributed by atoms with E-state index in [1.165, 1.54) is 0 Å². The van der Waals surface area contributed by atoms with Crippen molar-refractivity contribution in [2.24, 2.45) is 0 Å². The van der Waals surface area contributed by atoms with E-state index in [0.29, 0.717) is 0 Å². The lowest BCUT2D eigenvalue weighted by Gasteiger charge is -1.76. The molecule has 4 N–H and O–H groups in total. The lowest BCUT2D eigenvalue weighted by atomic mass is 10.9. The first-order chi connectivity index (χ1) is 3.46. The van der Waals surface area contributed by atoms with Crippen LogP contribution in [0, 0.1) is 0 Å². The summed E-state index contributed by atoms with van der Waals surface area (Å²) in [5.74, 6) is -0.833. The molecule has 6 heteroatoms. The van der Waals surface area contributed by atoms with Crippen LogP contribution in [0.15, 0.2) is 0 Å². The van der Waals surface area contributed by atoms with Gasteiger partial charge in [-0.05, 0) is 0 Å². The van der Waals surface area contributed by atoms with Crippen LogP contribution in [0.5, 0.6) is 0 Å². The number of hydrogen-bond acceptors (Lipinski definition) is 4. The normalized spacial score (nSPS) is 7.62. The Morgan fingerprint density at radius 1 is 1.38 bits per heavy atom. The average molecular weight is 142 g/mol. The zero-order chi connectivity index (χ0) is 7.15. The van der Waals surface area contributed by atoms with Crippen LogP contribution in [0.25, 0.3) is 0 Å². The molecular weight excluding hydrogens is 135 g/mol. The molecule has 0 aliphatic heterocycles. The van der Waals surface area contributed by atoms with Gasteiger partial charge in [0.25, 0.3) is 5.97 Å². The maximum Gasteiger partial charge on any atom is 0.324 e. The Balaban J connectivity index is 0. The second-order valence-corrected chi connectivity index (χ2v) is 1.32. The predicted octanol–water partition coefficient (Wildman–Crippen LogP) is -0.719. The zero-order valence-corrected chi connectivity index (χ0v) is 5.04. The molecular formula is C2H7O5P. The fourth-order valence-corrected chi connectivity index (χ4v) is 0. The van der Waals surface area contributed by atoms with E-state index in [9.17, 15) is 0 Å². The van der Waals surface area contributed by atoms with Gasteiger partial charge in [-0.1, -0.05) is 0 Å². The first-order valence-electron chi connectivity index (χ1n) is 1.53. The molecule has 0 saturated carbocycles. The smallest absolute Gasteiger partial charge is 0.324 e. The van der Waals surface area contributed by atoms with Crippen molar-refractivity contribution in [2.45, 2.75) is 6.92 Å². The molecule has 0 amide bonds. The molecule has 0 aromatic heterocycles. The fraction of sp³-hybridized carbons (Fsp3) is 0.500. The van der Waals surface area contributed by atoms with Crippen LogP contribution in [-0.4, -0.2) is 25.8 Å². The van der Waals surface area contributed by atoms with Crippen molar-refractivity contribution in [1.29, 1.82) is 0 Å². The fourth-order valence-electron chi connectivity index (χ4n) is 0. The Bertz CT molecular complexity index is 54.7. The van der Waals surface area contributed by atoms with Gasteiger partial charge in [-0.15, -0.1) is 0 Å². The number of hydrogen-bond donors (Lipinski definition) is 4. The van der Waals surface area contributed by atoms with Crippen molar-refractivity contribution in [3.8, 4) is 0 Å². The molecule has 8 heavy (non-hydrogen) atoms. The highest BCUT2D eigenvalue weighted by atomic mass is 31.2. The molecule has 0 aliphatic rings. The minimum atomic E-state index is -2.62. The Labute approximate surface area is 47.2 Å². The van der Waals surface area contributed by atoms with E-state index in [2.05, 4.69) is 0 Å². The van der Waals surface area contributed by atoms with Gasteiger partial charge in [-0.2, -0.15) is 0 Å². The monoisotopic (exact) mass is 142 g/mol. The Kier molecular flexibility index (Phi) is 9.07. The van der Waals surface area contributed by atoms with Crippen molar-refractivity contribution in [2.75, 3.05) is 0 Å². The lowest BCUT2D eigenvalue weighted by molar-refractivity contribution is -0.134. The molecule has 0 unspecified atom stereocenters. The van der Waals surface area contributed by atoms with Crippen LogP contribution in [0.3, 0.4) is 0 Å². The summed E-state index contributed by atoms with van der Waals surface area (Å²) in [5, 5.41) is 7.42. The van der Waals surface area contributed by atoms with E-state index in [4.69, 9.17) is 24.6 Å². The van der Waals surface area contributed by atoms with Crippen LogP contribution in [0.4, 0.5) is 0 Å². The van der Waals surface area contributed by atoms with Crippen molar-refractivity contribution < 1.29 is 24.6 Å². The number of rotatable bonds is 0. The molecule has 0 heterocycles. The molecule has 0 fully saturated rings. The molecule has 0 radical (unpaired) electrons. The van der Waals surface area contributed by atoms with E-state index < -0.39 is 14.6 Å². The molecule has 0 bridgehead atoms. The number of carboxylic acids is 1. The largest absolute Gasteiger partial charge is 0.481 e. The minimum Gasteiger partial charge on any atom is -0.481 e. The molecule has 0 aliphatic carbocycles. The van der Waals surface area contributed by atoms with Gasteiger partial charge in [0, 0.05) is 6.92 Å².